The van der Waals surface area contributed by atoms with Crippen LogP contribution in [0.15, 0.2) is 134 Å². The fourth-order valence-electron chi connectivity index (χ4n) is 8.35. The third-order valence-corrected chi connectivity index (χ3v) is 13.1. The maximum absolute atomic E-state index is 12.9. The molecular formula is C71H116O6. The molecule has 0 aromatic rings. The van der Waals surface area contributed by atoms with Crippen molar-refractivity contribution in [1.29, 1.82) is 0 Å². The van der Waals surface area contributed by atoms with Crippen molar-refractivity contribution in [2.75, 3.05) is 13.2 Å². The number of rotatable bonds is 56. The number of hydrogen-bond acceptors (Lipinski definition) is 6. The average molecular weight is 1070 g/mol. The van der Waals surface area contributed by atoms with Crippen LogP contribution in [0.5, 0.6) is 0 Å². The molecule has 0 heterocycles. The second kappa shape index (κ2) is 64.1. The quantitative estimate of drug-likeness (QED) is 0.0261. The summed E-state index contributed by atoms with van der Waals surface area (Å²) in [6, 6.07) is 0. The average Bonchev–Trinajstić information content (AvgIpc) is 3.43. The molecule has 0 aromatic carbocycles. The lowest BCUT2D eigenvalue weighted by molar-refractivity contribution is -0.167. The molecule has 77 heavy (non-hydrogen) atoms. The van der Waals surface area contributed by atoms with Crippen LogP contribution in [0, 0.1) is 0 Å². The molecule has 0 aliphatic carbocycles. The first-order chi connectivity index (χ1) is 38.0. The lowest BCUT2D eigenvalue weighted by Crippen LogP contribution is -2.30. The maximum atomic E-state index is 12.9. The Morgan fingerprint density at radius 1 is 0.273 bits per heavy atom. The van der Waals surface area contributed by atoms with Crippen molar-refractivity contribution in [3.63, 3.8) is 0 Å². The summed E-state index contributed by atoms with van der Waals surface area (Å²) in [6.07, 6.45) is 90.2. The van der Waals surface area contributed by atoms with Crippen molar-refractivity contribution in [3.05, 3.63) is 134 Å². The van der Waals surface area contributed by atoms with E-state index < -0.39 is 6.10 Å². The van der Waals surface area contributed by atoms with Crippen molar-refractivity contribution >= 4 is 17.9 Å². The molecule has 6 heteroatoms. The molecule has 436 valence electrons. The SMILES string of the molecule is CC/C=C\C/C=C\C/C=C\C/C=C\C/C=C\C/C=C\C/C=C\C/C=C\CCCCCCC(=O)OCC(COC(=O)CCCCCCC/C=C\CCCC)OC(=O)CCCCCCCCCCC/C=C\C/C=C\CCCCC. The number of carbonyl (C=O) groups is 3. The molecule has 1 unspecified atom stereocenters. The van der Waals surface area contributed by atoms with E-state index in [1.54, 1.807) is 0 Å². The van der Waals surface area contributed by atoms with E-state index in [4.69, 9.17) is 14.2 Å². The smallest absolute Gasteiger partial charge is 0.306 e. The van der Waals surface area contributed by atoms with Gasteiger partial charge in [-0.3, -0.25) is 14.4 Å². The van der Waals surface area contributed by atoms with Crippen molar-refractivity contribution < 1.29 is 28.6 Å². The van der Waals surface area contributed by atoms with Gasteiger partial charge in [-0.2, -0.15) is 0 Å². The van der Waals surface area contributed by atoms with Gasteiger partial charge in [0.05, 0.1) is 0 Å². The first-order valence-corrected chi connectivity index (χ1v) is 31.7. The van der Waals surface area contributed by atoms with Gasteiger partial charge >= 0.3 is 17.9 Å². The highest BCUT2D eigenvalue weighted by atomic mass is 16.6. The Kier molecular flexibility index (Phi) is 60.4. The van der Waals surface area contributed by atoms with Gasteiger partial charge in [-0.15, -0.1) is 0 Å². The normalized spacial score (nSPS) is 13.0. The lowest BCUT2D eigenvalue weighted by atomic mass is 10.1. The summed E-state index contributed by atoms with van der Waals surface area (Å²) in [5.41, 5.74) is 0. The zero-order valence-corrected chi connectivity index (χ0v) is 49.9. The van der Waals surface area contributed by atoms with Crippen LogP contribution in [0.1, 0.15) is 278 Å². The van der Waals surface area contributed by atoms with Gasteiger partial charge < -0.3 is 14.2 Å². The molecule has 0 fully saturated rings. The van der Waals surface area contributed by atoms with E-state index in [0.717, 1.165) is 141 Å². The third kappa shape index (κ3) is 62.3. The molecular weight excluding hydrogens is 949 g/mol. The van der Waals surface area contributed by atoms with E-state index in [9.17, 15) is 14.4 Å². The molecule has 0 saturated heterocycles. The molecule has 0 N–H and O–H groups in total. The van der Waals surface area contributed by atoms with Gasteiger partial charge in [0.15, 0.2) is 6.10 Å². The van der Waals surface area contributed by atoms with E-state index in [-0.39, 0.29) is 31.1 Å². The number of carbonyl (C=O) groups excluding carboxylic acids is 3. The summed E-state index contributed by atoms with van der Waals surface area (Å²) >= 11 is 0. The summed E-state index contributed by atoms with van der Waals surface area (Å²) < 4.78 is 16.9. The highest BCUT2D eigenvalue weighted by Crippen LogP contribution is 2.15. The van der Waals surface area contributed by atoms with E-state index in [2.05, 4.69) is 154 Å². The second-order valence-electron chi connectivity index (χ2n) is 20.6. The number of hydrogen-bond donors (Lipinski definition) is 0. The minimum atomic E-state index is -0.799. The molecule has 0 spiro atoms. The first kappa shape index (κ1) is 72.5. The molecule has 0 aliphatic heterocycles. The Hall–Kier alpha value is -4.45. The van der Waals surface area contributed by atoms with E-state index in [1.807, 2.05) is 0 Å². The van der Waals surface area contributed by atoms with E-state index in [1.165, 1.54) is 96.3 Å². The van der Waals surface area contributed by atoms with Crippen molar-refractivity contribution in [2.24, 2.45) is 0 Å². The molecule has 1 atom stereocenters. The van der Waals surface area contributed by atoms with Gasteiger partial charge in [-0.1, -0.05) is 257 Å². The summed E-state index contributed by atoms with van der Waals surface area (Å²) in [5, 5.41) is 0. The molecule has 6 nitrogen and oxygen atoms in total. The van der Waals surface area contributed by atoms with Crippen molar-refractivity contribution in [2.45, 2.75) is 284 Å². The summed E-state index contributed by atoms with van der Waals surface area (Å²) in [4.78, 5) is 38.2. The molecule has 0 bridgehead atoms. The Morgan fingerprint density at radius 3 is 0.844 bits per heavy atom. The number of ether oxygens (including phenoxy) is 3. The molecule has 0 radical (unpaired) electrons. The van der Waals surface area contributed by atoms with Crippen molar-refractivity contribution in [3.8, 4) is 0 Å². The van der Waals surface area contributed by atoms with E-state index in [0.29, 0.717) is 19.3 Å². The molecule has 0 rings (SSSR count). The fourth-order valence-corrected chi connectivity index (χ4v) is 8.35. The van der Waals surface area contributed by atoms with Crippen LogP contribution in [0.25, 0.3) is 0 Å². The minimum Gasteiger partial charge on any atom is -0.462 e. The van der Waals surface area contributed by atoms with Crippen LogP contribution in [0.2, 0.25) is 0 Å². The summed E-state index contributed by atoms with van der Waals surface area (Å²) in [7, 11) is 0. The maximum Gasteiger partial charge on any atom is 0.306 e. The van der Waals surface area contributed by atoms with Crippen LogP contribution in [-0.4, -0.2) is 37.2 Å². The molecule has 0 saturated carbocycles. The monoisotopic (exact) mass is 1060 g/mol. The van der Waals surface area contributed by atoms with Gasteiger partial charge in [0.1, 0.15) is 13.2 Å². The molecule has 0 aliphatic rings. The van der Waals surface area contributed by atoms with Gasteiger partial charge in [0.25, 0.3) is 0 Å². The van der Waals surface area contributed by atoms with Crippen LogP contribution in [0.4, 0.5) is 0 Å². The number of esters is 3. The summed E-state index contributed by atoms with van der Waals surface area (Å²) in [5.74, 6) is -0.934. The zero-order chi connectivity index (χ0) is 55.7. The molecule has 0 aromatic heterocycles. The predicted octanol–water partition coefficient (Wildman–Crippen LogP) is 21.8. The van der Waals surface area contributed by atoms with E-state index >= 15 is 0 Å². The molecule has 0 amide bonds. The Balaban J connectivity index is 4.36. The van der Waals surface area contributed by atoms with Gasteiger partial charge in [0, 0.05) is 19.3 Å². The van der Waals surface area contributed by atoms with Crippen LogP contribution in [0.3, 0.4) is 0 Å². The highest BCUT2D eigenvalue weighted by Gasteiger charge is 2.19. The topological polar surface area (TPSA) is 78.9 Å². The van der Waals surface area contributed by atoms with Gasteiger partial charge in [0.2, 0.25) is 0 Å². The Labute approximate surface area is 475 Å². The van der Waals surface area contributed by atoms with Crippen LogP contribution < -0.4 is 0 Å². The number of allylic oxidation sites excluding steroid dienone is 22. The first-order valence-electron chi connectivity index (χ1n) is 31.7. The zero-order valence-electron chi connectivity index (χ0n) is 49.9. The van der Waals surface area contributed by atoms with Crippen LogP contribution in [-0.2, 0) is 28.6 Å². The highest BCUT2D eigenvalue weighted by molar-refractivity contribution is 5.71. The Bertz CT molecular complexity index is 1650. The van der Waals surface area contributed by atoms with Gasteiger partial charge in [-0.05, 0) is 135 Å². The number of unbranched alkanes of at least 4 members (excludes halogenated alkanes) is 23. The van der Waals surface area contributed by atoms with Crippen molar-refractivity contribution in [1.82, 2.24) is 0 Å². The fraction of sp³-hybridized carbons (Fsp3) is 0.648. The summed E-state index contributed by atoms with van der Waals surface area (Å²) in [6.45, 7) is 6.43. The van der Waals surface area contributed by atoms with Gasteiger partial charge in [-0.25, -0.2) is 0 Å². The standard InChI is InChI=1S/C71H116O6/c1-4-7-10-13-16-19-22-24-26-28-30-31-32-33-34-35-36-37-38-39-41-42-44-46-49-52-55-58-61-64-70(73)76-67-68(66-75-69(72)63-60-57-54-51-48-21-18-15-12-9-6-3)77-71(74)65-62-59-56-53-50-47-45-43-40-29-27-25-23-20-17-14-11-8-5-2/h7,10,15-20,24-27,30-31,33-34,36-37,39,41,44,46,68H,4-6,8-9,11-14,21-23,28-29,32,35,38,40,42-43,45,47-67H2,1-3H3/b10-7-,18-15-,19-16-,20-17-,26-24-,27-25-,31-30-,34-33-,37-36-,41-39-,46-44-. The predicted molar refractivity (Wildman–Crippen MR) is 334 cm³/mol. The largest absolute Gasteiger partial charge is 0.462 e. The third-order valence-electron chi connectivity index (χ3n) is 13.1. The van der Waals surface area contributed by atoms with Crippen LogP contribution >= 0.6 is 0 Å². The second-order valence-corrected chi connectivity index (χ2v) is 20.6. The lowest BCUT2D eigenvalue weighted by Gasteiger charge is -2.18. The Morgan fingerprint density at radius 2 is 0.519 bits per heavy atom. The minimum absolute atomic E-state index is 0.0954.